The number of benzene rings is 1. The predicted molar refractivity (Wildman–Crippen MR) is 94.5 cm³/mol. The Labute approximate surface area is 147 Å². The van der Waals surface area contributed by atoms with Crippen LogP contribution in [0.5, 0.6) is 10.8 Å². The lowest BCUT2D eigenvalue weighted by atomic mass is 10.2. The summed E-state index contributed by atoms with van der Waals surface area (Å²) in [5.74, 6) is 0.687. The summed E-state index contributed by atoms with van der Waals surface area (Å²) < 4.78 is 12.6. The van der Waals surface area contributed by atoms with Gasteiger partial charge in [-0.1, -0.05) is 17.4 Å². The fourth-order valence-electron chi connectivity index (χ4n) is 2.54. The van der Waals surface area contributed by atoms with Crippen LogP contribution in [0.15, 0.2) is 41.5 Å². The number of nitrogens with one attached hydrogen (secondary N) is 1. The molecule has 1 aliphatic rings. The first-order valence-electron chi connectivity index (χ1n) is 7.86. The predicted octanol–water partition coefficient (Wildman–Crippen LogP) is 2.92. The Hall–Kier alpha value is -2.71. The first-order chi connectivity index (χ1) is 12.2. The Morgan fingerprint density at radius 3 is 2.84 bits per heavy atom. The van der Waals surface area contributed by atoms with Gasteiger partial charge in [0.25, 0.3) is 0 Å². The zero-order valence-corrected chi connectivity index (χ0v) is 14.4. The van der Waals surface area contributed by atoms with E-state index in [-0.39, 0.29) is 5.69 Å². The molecule has 7 nitrogen and oxygen atoms in total. The van der Waals surface area contributed by atoms with Gasteiger partial charge in [0.05, 0.1) is 24.6 Å². The average molecular weight is 356 g/mol. The Morgan fingerprint density at radius 1 is 1.32 bits per heavy atom. The molecule has 128 valence electrons. The van der Waals surface area contributed by atoms with Crippen molar-refractivity contribution in [3.63, 3.8) is 0 Å². The first kappa shape index (κ1) is 15.8. The van der Waals surface area contributed by atoms with E-state index >= 15 is 0 Å². The fourth-order valence-corrected chi connectivity index (χ4v) is 3.54. The quantitative estimate of drug-likeness (QED) is 0.777. The lowest BCUT2D eigenvalue weighted by Crippen LogP contribution is -2.15. The van der Waals surface area contributed by atoms with Crippen molar-refractivity contribution in [3.05, 3.63) is 57.9 Å². The summed E-state index contributed by atoms with van der Waals surface area (Å²) in [6.07, 6.45) is 4.31. The molecule has 0 unspecified atom stereocenters. The number of rotatable bonds is 4. The highest BCUT2D eigenvalue weighted by atomic mass is 32.1. The molecule has 1 aliphatic heterocycles. The summed E-state index contributed by atoms with van der Waals surface area (Å²) in [5, 5.41) is 5.70. The van der Waals surface area contributed by atoms with Crippen molar-refractivity contribution in [1.82, 2.24) is 19.7 Å². The van der Waals surface area contributed by atoms with Crippen molar-refractivity contribution in [2.24, 2.45) is 0 Å². The molecule has 3 heterocycles. The van der Waals surface area contributed by atoms with Crippen LogP contribution in [0.4, 0.5) is 0 Å². The number of aryl methyl sites for hydroxylation is 1. The van der Waals surface area contributed by atoms with Gasteiger partial charge in [-0.3, -0.25) is 4.98 Å². The molecule has 1 N–H and O–H groups in total. The van der Waals surface area contributed by atoms with E-state index in [4.69, 9.17) is 9.47 Å². The Bertz CT molecular complexity index is 968. The zero-order chi connectivity index (χ0) is 17.2. The highest BCUT2D eigenvalue weighted by molar-refractivity contribution is 7.14. The second-order valence-corrected chi connectivity index (χ2v) is 6.51. The van der Waals surface area contributed by atoms with Crippen LogP contribution >= 0.6 is 11.3 Å². The van der Waals surface area contributed by atoms with E-state index in [1.54, 1.807) is 12.1 Å². The van der Waals surface area contributed by atoms with E-state index in [0.717, 1.165) is 28.8 Å². The third kappa shape index (κ3) is 3.26. The summed E-state index contributed by atoms with van der Waals surface area (Å²) in [4.78, 5) is 18.7. The van der Waals surface area contributed by atoms with Crippen LogP contribution in [-0.2, 0) is 4.74 Å². The van der Waals surface area contributed by atoms with Crippen LogP contribution in [0.25, 0.3) is 11.3 Å². The maximum Gasteiger partial charge on any atom is 0.347 e. The highest BCUT2D eigenvalue weighted by Gasteiger charge is 2.15. The number of aromatic nitrogens is 4. The number of hydrogen-bond acceptors (Lipinski definition) is 6. The summed E-state index contributed by atoms with van der Waals surface area (Å²) in [5.41, 5.74) is 2.47. The van der Waals surface area contributed by atoms with Gasteiger partial charge < -0.3 is 9.47 Å². The van der Waals surface area contributed by atoms with Crippen molar-refractivity contribution in [1.29, 1.82) is 0 Å². The third-order valence-corrected chi connectivity index (χ3v) is 4.95. The molecule has 0 amide bonds. The van der Waals surface area contributed by atoms with Gasteiger partial charge in [0.1, 0.15) is 17.1 Å². The van der Waals surface area contributed by atoms with Crippen LogP contribution in [-0.4, -0.2) is 33.0 Å². The van der Waals surface area contributed by atoms with E-state index in [0.29, 0.717) is 18.0 Å². The van der Waals surface area contributed by atoms with Gasteiger partial charge in [-0.15, -0.1) is 0 Å². The molecule has 25 heavy (non-hydrogen) atoms. The highest BCUT2D eigenvalue weighted by Crippen LogP contribution is 2.36. The maximum atomic E-state index is 11.6. The number of hydrogen-bond donors (Lipinski definition) is 1. The molecule has 4 rings (SSSR count). The Kier molecular flexibility index (Phi) is 4.21. The smallest absolute Gasteiger partial charge is 0.347 e. The number of nitrogens with zero attached hydrogens (tertiary/aromatic N) is 3. The molecule has 0 aliphatic carbocycles. The Balaban J connectivity index is 1.54. The van der Waals surface area contributed by atoms with Crippen molar-refractivity contribution in [2.45, 2.75) is 13.3 Å². The van der Waals surface area contributed by atoms with E-state index in [1.807, 2.05) is 19.1 Å². The summed E-state index contributed by atoms with van der Waals surface area (Å²) in [7, 11) is 0. The molecular weight excluding hydrogens is 340 g/mol. The zero-order valence-electron chi connectivity index (χ0n) is 13.6. The fraction of sp³-hybridized carbons (Fsp3) is 0.235. The molecule has 0 saturated heterocycles. The molecule has 8 heteroatoms. The van der Waals surface area contributed by atoms with Crippen molar-refractivity contribution < 1.29 is 9.47 Å². The molecule has 0 fully saturated rings. The van der Waals surface area contributed by atoms with E-state index in [2.05, 4.69) is 21.1 Å². The largest absolute Gasteiger partial charge is 0.445 e. The van der Waals surface area contributed by atoms with E-state index < -0.39 is 0 Å². The monoisotopic (exact) mass is 356 g/mol. The number of aromatic amines is 1. The minimum Gasteiger partial charge on any atom is -0.445 e. The average Bonchev–Trinajstić information content (AvgIpc) is 3.23. The van der Waals surface area contributed by atoms with Crippen LogP contribution < -0.4 is 10.4 Å². The van der Waals surface area contributed by atoms with Gasteiger partial charge in [-0.25, -0.2) is 9.78 Å². The summed E-state index contributed by atoms with van der Waals surface area (Å²) in [6, 6.07) is 7.19. The van der Waals surface area contributed by atoms with Crippen molar-refractivity contribution in [3.8, 4) is 16.5 Å². The SMILES string of the molecule is Cc1nc(C2=CCOCC2)sc1Oc1ccc(-n2nc[nH]c2=O)cc1. The van der Waals surface area contributed by atoms with E-state index in [1.165, 1.54) is 27.9 Å². The minimum atomic E-state index is -0.277. The van der Waals surface area contributed by atoms with Crippen LogP contribution in [0, 0.1) is 6.92 Å². The first-order valence-corrected chi connectivity index (χ1v) is 8.68. The number of ether oxygens (including phenoxy) is 2. The van der Waals surface area contributed by atoms with Gasteiger partial charge in [0, 0.05) is 0 Å². The van der Waals surface area contributed by atoms with Gasteiger partial charge in [0.15, 0.2) is 0 Å². The molecule has 0 bridgehead atoms. The van der Waals surface area contributed by atoms with Crippen LogP contribution in [0.3, 0.4) is 0 Å². The molecule has 0 atom stereocenters. The summed E-state index contributed by atoms with van der Waals surface area (Å²) in [6.45, 7) is 3.31. The minimum absolute atomic E-state index is 0.277. The third-order valence-electron chi connectivity index (χ3n) is 3.84. The standard InChI is InChI=1S/C17H16N4O3S/c1-11-16(25-15(20-11)12-6-8-23-9-7-12)24-14-4-2-13(3-5-14)21-17(22)18-10-19-21/h2-6,10H,7-9H2,1H3,(H,18,19,22). The molecule has 3 aromatic rings. The molecule has 0 saturated carbocycles. The van der Waals surface area contributed by atoms with Crippen molar-refractivity contribution in [2.75, 3.05) is 13.2 Å². The topological polar surface area (TPSA) is 82.0 Å². The lowest BCUT2D eigenvalue weighted by molar-refractivity contribution is 0.161. The molecule has 0 radical (unpaired) electrons. The molecular formula is C17H16N4O3S. The van der Waals surface area contributed by atoms with Crippen LogP contribution in [0.2, 0.25) is 0 Å². The van der Waals surface area contributed by atoms with E-state index in [9.17, 15) is 4.79 Å². The Morgan fingerprint density at radius 2 is 2.16 bits per heavy atom. The van der Waals surface area contributed by atoms with Gasteiger partial charge in [-0.05, 0) is 43.2 Å². The van der Waals surface area contributed by atoms with Gasteiger partial charge in [-0.2, -0.15) is 9.78 Å². The second-order valence-electron chi connectivity index (χ2n) is 5.55. The van der Waals surface area contributed by atoms with Crippen molar-refractivity contribution >= 4 is 16.9 Å². The normalized spacial score (nSPS) is 14.4. The molecule has 2 aromatic heterocycles. The van der Waals surface area contributed by atoms with Crippen LogP contribution in [0.1, 0.15) is 17.1 Å². The van der Waals surface area contributed by atoms with Gasteiger partial charge >= 0.3 is 5.69 Å². The molecule has 0 spiro atoms. The number of H-pyrrole nitrogens is 1. The molecule has 1 aromatic carbocycles. The van der Waals surface area contributed by atoms with Gasteiger partial charge in [0.2, 0.25) is 5.06 Å². The summed E-state index contributed by atoms with van der Waals surface area (Å²) >= 11 is 1.54. The maximum absolute atomic E-state index is 11.6. The lowest BCUT2D eigenvalue weighted by Gasteiger charge is -2.10. The second kappa shape index (κ2) is 6.66. The number of thiazole rings is 1.